The molecule has 0 heterocycles. The van der Waals surface area contributed by atoms with Gasteiger partial charge in [-0.3, -0.25) is 19.2 Å². The summed E-state index contributed by atoms with van der Waals surface area (Å²) in [6.07, 6.45) is 4.81. The van der Waals surface area contributed by atoms with Crippen molar-refractivity contribution in [1.82, 2.24) is 5.32 Å². The number of amides is 1. The van der Waals surface area contributed by atoms with E-state index in [0.29, 0.717) is 19.4 Å². The first kappa shape index (κ1) is 30.4. The predicted molar refractivity (Wildman–Crippen MR) is 153 cm³/mol. The molecule has 0 radical (unpaired) electrons. The molecule has 9 nitrogen and oxygen atoms in total. The van der Waals surface area contributed by atoms with Crippen LogP contribution < -0.4 is 10.1 Å². The zero-order valence-corrected chi connectivity index (χ0v) is 24.8. The number of fused-ring (bicyclic) bond motifs is 5. The van der Waals surface area contributed by atoms with Gasteiger partial charge in [-0.25, -0.2) is 0 Å². The molecular formula is C33H43NO8. The summed E-state index contributed by atoms with van der Waals surface area (Å²) in [4.78, 5) is 50.1. The maximum Gasteiger partial charge on any atom is 0.306 e. The summed E-state index contributed by atoms with van der Waals surface area (Å²) in [5, 5.41) is 26.1. The fourth-order valence-electron chi connectivity index (χ4n) is 8.74. The third-order valence-electron chi connectivity index (χ3n) is 11.1. The molecule has 3 N–H and O–H groups in total. The van der Waals surface area contributed by atoms with E-state index in [1.54, 1.807) is 25.3 Å². The molecule has 228 valence electrons. The van der Waals surface area contributed by atoms with Gasteiger partial charge in [0.1, 0.15) is 11.4 Å². The molecule has 0 aliphatic heterocycles. The van der Waals surface area contributed by atoms with E-state index in [2.05, 4.69) is 12.2 Å². The smallest absolute Gasteiger partial charge is 0.306 e. The molecule has 4 aliphatic carbocycles. The van der Waals surface area contributed by atoms with Gasteiger partial charge >= 0.3 is 5.97 Å². The highest BCUT2D eigenvalue weighted by Gasteiger charge is 2.68. The second-order valence-corrected chi connectivity index (χ2v) is 13.2. The Labute approximate surface area is 247 Å². The number of carbonyl (C=O) groups excluding carboxylic acids is 4. The Bertz CT molecular complexity index is 1270. The number of aliphatic hydroxyl groups excluding tert-OH is 1. The molecule has 42 heavy (non-hydrogen) atoms. The highest BCUT2D eigenvalue weighted by atomic mass is 16.5. The van der Waals surface area contributed by atoms with Crippen LogP contribution in [0.25, 0.3) is 0 Å². The minimum Gasteiger partial charge on any atom is -0.497 e. The first-order valence-electron chi connectivity index (χ1n) is 15.1. The molecule has 1 aromatic carbocycles. The summed E-state index contributed by atoms with van der Waals surface area (Å²) in [6.45, 7) is 3.81. The van der Waals surface area contributed by atoms with E-state index in [-0.39, 0.29) is 60.5 Å². The Morgan fingerprint density at radius 2 is 1.79 bits per heavy atom. The van der Waals surface area contributed by atoms with Gasteiger partial charge in [0.25, 0.3) is 0 Å². The number of benzene rings is 1. The van der Waals surface area contributed by atoms with Crippen molar-refractivity contribution in [3.63, 3.8) is 0 Å². The summed E-state index contributed by atoms with van der Waals surface area (Å²) in [5.74, 6) is -0.518. The fraction of sp³-hybridized carbons (Fsp3) is 0.636. The lowest BCUT2D eigenvalue weighted by Gasteiger charge is -2.60. The zero-order chi connectivity index (χ0) is 30.3. The summed E-state index contributed by atoms with van der Waals surface area (Å²) in [6, 6.07) is 7.27. The highest BCUT2D eigenvalue weighted by Crippen LogP contribution is 2.67. The van der Waals surface area contributed by atoms with Crippen molar-refractivity contribution in [3.8, 4) is 5.75 Å². The molecule has 7 atom stereocenters. The van der Waals surface area contributed by atoms with E-state index in [4.69, 9.17) is 9.47 Å². The number of ether oxygens (including phenoxy) is 2. The molecule has 4 aliphatic rings. The van der Waals surface area contributed by atoms with Crippen LogP contribution in [0.3, 0.4) is 0 Å². The number of hydrogen-bond donors (Lipinski definition) is 3. The summed E-state index contributed by atoms with van der Waals surface area (Å²) >= 11 is 0. The molecule has 5 rings (SSSR count). The van der Waals surface area contributed by atoms with Crippen molar-refractivity contribution in [1.29, 1.82) is 0 Å². The third-order valence-corrected chi connectivity index (χ3v) is 11.1. The maximum absolute atomic E-state index is 13.4. The van der Waals surface area contributed by atoms with Crippen molar-refractivity contribution < 1.29 is 38.9 Å². The molecule has 0 aromatic heterocycles. The van der Waals surface area contributed by atoms with Crippen LogP contribution in [0.5, 0.6) is 5.75 Å². The molecule has 3 saturated carbocycles. The SMILES string of the molecule is COc1ccc(CNC(=O)CCC(=O)OCC(=O)[C@@]2(O)CC[C@@H]3[C@H]4CCC5=CC(=O)CC[C@]5(C)[C@H]4[C@H](O)C[C@]32C)cc1. The number of allylic oxidation sites excluding steroid dienone is 1. The Balaban J connectivity index is 1.15. The Kier molecular flexibility index (Phi) is 8.38. The molecule has 0 saturated heterocycles. The van der Waals surface area contributed by atoms with Gasteiger partial charge in [0.15, 0.2) is 12.4 Å². The number of carbonyl (C=O) groups is 4. The molecule has 9 heteroatoms. The number of hydrogen-bond acceptors (Lipinski definition) is 8. The van der Waals surface area contributed by atoms with Crippen molar-refractivity contribution in [2.75, 3.05) is 13.7 Å². The van der Waals surface area contributed by atoms with Gasteiger partial charge in [0.05, 0.1) is 19.6 Å². The molecule has 3 fully saturated rings. The van der Waals surface area contributed by atoms with Gasteiger partial charge in [-0.1, -0.05) is 31.6 Å². The molecule has 0 bridgehead atoms. The second kappa shape index (κ2) is 11.6. The lowest BCUT2D eigenvalue weighted by molar-refractivity contribution is -0.184. The summed E-state index contributed by atoms with van der Waals surface area (Å²) in [7, 11) is 1.58. The minimum absolute atomic E-state index is 0.0187. The number of aliphatic hydroxyl groups is 2. The minimum atomic E-state index is -1.71. The zero-order valence-electron chi connectivity index (χ0n) is 24.8. The van der Waals surface area contributed by atoms with Crippen LogP contribution >= 0.6 is 0 Å². The normalized spacial score (nSPS) is 35.3. The summed E-state index contributed by atoms with van der Waals surface area (Å²) < 4.78 is 10.3. The number of Topliss-reactive ketones (excluding diaryl/α,β-unsaturated/α-hetero) is 1. The Morgan fingerprint density at radius 3 is 2.50 bits per heavy atom. The van der Waals surface area contributed by atoms with E-state index >= 15 is 0 Å². The van der Waals surface area contributed by atoms with Gasteiger partial charge in [0, 0.05) is 24.8 Å². The van der Waals surface area contributed by atoms with Crippen LogP contribution in [-0.2, 0) is 30.5 Å². The van der Waals surface area contributed by atoms with E-state index < -0.39 is 35.5 Å². The number of rotatable bonds is 9. The van der Waals surface area contributed by atoms with Crippen LogP contribution in [0.4, 0.5) is 0 Å². The van der Waals surface area contributed by atoms with Crippen molar-refractivity contribution >= 4 is 23.4 Å². The molecule has 1 amide bonds. The molecule has 1 aromatic rings. The Hall–Kier alpha value is -3.04. The van der Waals surface area contributed by atoms with Crippen LogP contribution in [-0.4, -0.2) is 59.1 Å². The number of esters is 1. The molecule has 0 unspecified atom stereocenters. The van der Waals surface area contributed by atoms with E-state index in [0.717, 1.165) is 36.1 Å². The van der Waals surface area contributed by atoms with Crippen molar-refractivity contribution in [3.05, 3.63) is 41.5 Å². The lowest BCUT2D eigenvalue weighted by Crippen LogP contribution is -2.62. The quantitative estimate of drug-likeness (QED) is 0.377. The predicted octanol–water partition coefficient (Wildman–Crippen LogP) is 3.44. The first-order chi connectivity index (χ1) is 19.9. The number of nitrogens with one attached hydrogen (secondary N) is 1. The van der Waals surface area contributed by atoms with Crippen LogP contribution in [0.1, 0.15) is 77.2 Å². The third kappa shape index (κ3) is 5.30. The molecule has 0 spiro atoms. The molecular weight excluding hydrogens is 538 g/mol. The first-order valence-corrected chi connectivity index (χ1v) is 15.1. The topological polar surface area (TPSA) is 139 Å². The van der Waals surface area contributed by atoms with Gasteiger partial charge in [0.2, 0.25) is 11.7 Å². The summed E-state index contributed by atoms with van der Waals surface area (Å²) in [5.41, 5.74) is -0.784. The van der Waals surface area contributed by atoms with Gasteiger partial charge in [-0.05, 0) is 85.5 Å². The second-order valence-electron chi connectivity index (χ2n) is 13.2. The highest BCUT2D eigenvalue weighted by molar-refractivity contribution is 5.92. The fourth-order valence-corrected chi connectivity index (χ4v) is 8.74. The van der Waals surface area contributed by atoms with Gasteiger partial charge < -0.3 is 25.0 Å². The van der Waals surface area contributed by atoms with Crippen LogP contribution in [0.2, 0.25) is 0 Å². The van der Waals surface area contributed by atoms with E-state index in [9.17, 15) is 29.4 Å². The number of methoxy groups -OCH3 is 1. The van der Waals surface area contributed by atoms with Crippen LogP contribution in [0, 0.1) is 28.6 Å². The standard InChI is InChI=1S/C33H43NO8/c1-31-14-12-22(35)16-21(31)6-9-24-25-13-15-33(40,32(25,2)17-26(36)30(24)31)27(37)19-42-29(39)11-10-28(38)34-18-20-4-7-23(41-3)8-5-20/h4-5,7-8,16,24-26,30,36,40H,6,9-15,17-19H2,1-3H3,(H,34,38)/t24-,25-,26-,30-,31+,32-,33+/m1/s1. The average molecular weight is 582 g/mol. The van der Waals surface area contributed by atoms with Gasteiger partial charge in [-0.2, -0.15) is 0 Å². The average Bonchev–Trinajstić information content (AvgIpc) is 3.24. The number of ketones is 2. The van der Waals surface area contributed by atoms with Crippen LogP contribution in [0.15, 0.2) is 35.9 Å². The monoisotopic (exact) mass is 581 g/mol. The van der Waals surface area contributed by atoms with Gasteiger partial charge in [-0.15, -0.1) is 0 Å². The maximum atomic E-state index is 13.4. The van der Waals surface area contributed by atoms with E-state index in [1.165, 1.54) is 0 Å². The Morgan fingerprint density at radius 1 is 1.05 bits per heavy atom. The largest absolute Gasteiger partial charge is 0.497 e. The van der Waals surface area contributed by atoms with Crippen molar-refractivity contribution in [2.24, 2.45) is 28.6 Å². The lowest BCUT2D eigenvalue weighted by atomic mass is 9.45. The van der Waals surface area contributed by atoms with Crippen molar-refractivity contribution in [2.45, 2.75) is 89.9 Å². The van der Waals surface area contributed by atoms with E-state index in [1.807, 2.05) is 19.1 Å².